The summed E-state index contributed by atoms with van der Waals surface area (Å²) >= 11 is 0. The number of nitrogens with one attached hydrogen (secondary N) is 1. The standard InChI is InChI=1S/C18H33N3O3/c1-14(2)24-18(23)21-12-7-5-9-16(21)17(22)19-10-13-20-11-6-4-8-15(20)3/h14-16H,4-13H2,1-3H3,(H,19,22)/t15-,16-/m0/s1. The quantitative estimate of drug-likeness (QED) is 0.835. The van der Waals surface area contributed by atoms with Crippen LogP contribution >= 0.6 is 0 Å². The van der Waals surface area contributed by atoms with Gasteiger partial charge in [0.2, 0.25) is 5.91 Å². The van der Waals surface area contributed by atoms with E-state index >= 15 is 0 Å². The largest absolute Gasteiger partial charge is 0.447 e. The van der Waals surface area contributed by atoms with E-state index in [0.717, 1.165) is 32.4 Å². The predicted molar refractivity (Wildman–Crippen MR) is 93.9 cm³/mol. The Morgan fingerprint density at radius 2 is 1.83 bits per heavy atom. The van der Waals surface area contributed by atoms with Gasteiger partial charge in [-0.05, 0) is 59.4 Å². The Morgan fingerprint density at radius 1 is 1.12 bits per heavy atom. The highest BCUT2D eigenvalue weighted by Crippen LogP contribution is 2.19. The van der Waals surface area contributed by atoms with Crippen LogP contribution < -0.4 is 5.32 Å². The maximum absolute atomic E-state index is 12.5. The third-order valence-electron chi connectivity index (χ3n) is 5.02. The molecule has 6 nitrogen and oxygen atoms in total. The van der Waals surface area contributed by atoms with Gasteiger partial charge < -0.3 is 10.1 Å². The summed E-state index contributed by atoms with van der Waals surface area (Å²) in [6, 6.07) is 0.214. The van der Waals surface area contributed by atoms with Gasteiger partial charge in [0, 0.05) is 25.7 Å². The number of rotatable bonds is 5. The van der Waals surface area contributed by atoms with Crippen molar-refractivity contribution in [3.63, 3.8) is 0 Å². The van der Waals surface area contributed by atoms with Crippen molar-refractivity contribution in [1.82, 2.24) is 15.1 Å². The number of carbonyl (C=O) groups is 2. The molecule has 2 fully saturated rings. The molecule has 24 heavy (non-hydrogen) atoms. The molecule has 2 amide bonds. The minimum atomic E-state index is -0.385. The molecule has 2 aliphatic heterocycles. The van der Waals surface area contributed by atoms with E-state index in [0.29, 0.717) is 19.1 Å². The molecule has 2 aliphatic rings. The summed E-state index contributed by atoms with van der Waals surface area (Å²) in [6.07, 6.45) is 5.90. The maximum atomic E-state index is 12.5. The summed E-state index contributed by atoms with van der Waals surface area (Å²) < 4.78 is 5.28. The third kappa shape index (κ3) is 5.36. The fourth-order valence-electron chi connectivity index (χ4n) is 3.62. The molecule has 1 N–H and O–H groups in total. The normalized spacial score (nSPS) is 25.6. The lowest BCUT2D eigenvalue weighted by atomic mass is 10.0. The number of likely N-dealkylation sites (tertiary alicyclic amines) is 2. The second kappa shape index (κ2) is 9.25. The molecule has 2 saturated heterocycles. The molecule has 0 aliphatic carbocycles. The summed E-state index contributed by atoms with van der Waals surface area (Å²) in [5.41, 5.74) is 0. The fourth-order valence-corrected chi connectivity index (χ4v) is 3.62. The molecule has 0 unspecified atom stereocenters. The highest BCUT2D eigenvalue weighted by atomic mass is 16.6. The van der Waals surface area contributed by atoms with Gasteiger partial charge in [-0.2, -0.15) is 0 Å². The number of hydrogen-bond donors (Lipinski definition) is 1. The molecule has 0 aromatic carbocycles. The predicted octanol–water partition coefficient (Wildman–Crippen LogP) is 2.38. The monoisotopic (exact) mass is 339 g/mol. The van der Waals surface area contributed by atoms with Gasteiger partial charge >= 0.3 is 6.09 Å². The molecule has 2 heterocycles. The number of nitrogens with zero attached hydrogens (tertiary/aromatic N) is 2. The van der Waals surface area contributed by atoms with Gasteiger partial charge in [-0.1, -0.05) is 6.42 Å². The van der Waals surface area contributed by atoms with Crippen molar-refractivity contribution in [2.45, 2.75) is 77.5 Å². The van der Waals surface area contributed by atoms with Crippen molar-refractivity contribution in [3.8, 4) is 0 Å². The molecule has 6 heteroatoms. The number of amides is 2. The van der Waals surface area contributed by atoms with Gasteiger partial charge in [-0.15, -0.1) is 0 Å². The van der Waals surface area contributed by atoms with E-state index in [-0.39, 0.29) is 24.1 Å². The third-order valence-corrected chi connectivity index (χ3v) is 5.02. The van der Waals surface area contributed by atoms with Crippen molar-refractivity contribution in [2.24, 2.45) is 0 Å². The van der Waals surface area contributed by atoms with Gasteiger partial charge in [-0.3, -0.25) is 14.6 Å². The van der Waals surface area contributed by atoms with Gasteiger partial charge in [0.25, 0.3) is 0 Å². The lowest BCUT2D eigenvalue weighted by molar-refractivity contribution is -0.127. The Kier molecular flexibility index (Phi) is 7.34. The molecule has 0 radical (unpaired) electrons. The second-order valence-corrected chi connectivity index (χ2v) is 7.31. The van der Waals surface area contributed by atoms with Crippen LogP contribution in [0.25, 0.3) is 0 Å². The molecule has 0 spiro atoms. The first-order chi connectivity index (χ1) is 11.5. The minimum Gasteiger partial charge on any atom is -0.447 e. The van der Waals surface area contributed by atoms with Crippen molar-refractivity contribution in [1.29, 1.82) is 0 Å². The Hall–Kier alpha value is -1.30. The van der Waals surface area contributed by atoms with E-state index in [1.165, 1.54) is 19.3 Å². The molecule has 0 saturated carbocycles. The van der Waals surface area contributed by atoms with Crippen LogP contribution in [-0.2, 0) is 9.53 Å². The second-order valence-electron chi connectivity index (χ2n) is 7.31. The van der Waals surface area contributed by atoms with Crippen molar-refractivity contribution in [3.05, 3.63) is 0 Å². The van der Waals surface area contributed by atoms with Crippen LogP contribution in [0.15, 0.2) is 0 Å². The van der Waals surface area contributed by atoms with Crippen molar-refractivity contribution >= 4 is 12.0 Å². The van der Waals surface area contributed by atoms with Crippen LogP contribution in [0.1, 0.15) is 59.3 Å². The Bertz CT molecular complexity index is 428. The Labute approximate surface area is 145 Å². The number of hydrogen-bond acceptors (Lipinski definition) is 4. The van der Waals surface area contributed by atoms with Crippen LogP contribution in [0.5, 0.6) is 0 Å². The summed E-state index contributed by atoms with van der Waals surface area (Å²) in [4.78, 5) is 28.8. The molecule has 0 aromatic heterocycles. The van der Waals surface area contributed by atoms with E-state index in [2.05, 4.69) is 17.1 Å². The minimum absolute atomic E-state index is 0.0416. The molecule has 2 atom stereocenters. The first-order valence-electron chi connectivity index (χ1n) is 9.48. The zero-order valence-corrected chi connectivity index (χ0v) is 15.4. The average molecular weight is 339 g/mol. The molecular formula is C18H33N3O3. The Balaban J connectivity index is 1.81. The molecular weight excluding hydrogens is 306 g/mol. The highest BCUT2D eigenvalue weighted by molar-refractivity contribution is 5.85. The van der Waals surface area contributed by atoms with Gasteiger partial charge in [0.1, 0.15) is 6.04 Å². The van der Waals surface area contributed by atoms with Crippen LogP contribution in [0, 0.1) is 0 Å². The maximum Gasteiger partial charge on any atom is 0.410 e. The van der Waals surface area contributed by atoms with E-state index in [1.54, 1.807) is 4.90 Å². The van der Waals surface area contributed by atoms with Crippen LogP contribution in [0.2, 0.25) is 0 Å². The van der Waals surface area contributed by atoms with E-state index in [4.69, 9.17) is 4.74 Å². The zero-order valence-electron chi connectivity index (χ0n) is 15.4. The summed E-state index contributed by atoms with van der Waals surface area (Å²) in [7, 11) is 0. The number of piperidine rings is 2. The SMILES string of the molecule is CC(C)OC(=O)N1CCCC[C@H]1C(=O)NCCN1CCCC[C@@H]1C. The topological polar surface area (TPSA) is 61.9 Å². The average Bonchev–Trinajstić information content (AvgIpc) is 2.56. The van der Waals surface area contributed by atoms with Crippen LogP contribution in [0.3, 0.4) is 0 Å². The molecule has 2 rings (SSSR count). The summed E-state index contributed by atoms with van der Waals surface area (Å²) in [5, 5.41) is 3.03. The van der Waals surface area contributed by atoms with Crippen LogP contribution in [0.4, 0.5) is 4.79 Å². The van der Waals surface area contributed by atoms with Gasteiger partial charge in [0.15, 0.2) is 0 Å². The fraction of sp³-hybridized carbons (Fsp3) is 0.889. The Morgan fingerprint density at radius 3 is 2.54 bits per heavy atom. The van der Waals surface area contributed by atoms with E-state index in [1.807, 2.05) is 13.8 Å². The van der Waals surface area contributed by atoms with Crippen molar-refractivity contribution in [2.75, 3.05) is 26.2 Å². The zero-order chi connectivity index (χ0) is 17.5. The highest BCUT2D eigenvalue weighted by Gasteiger charge is 2.33. The lowest BCUT2D eigenvalue weighted by Gasteiger charge is -2.35. The summed E-state index contributed by atoms with van der Waals surface area (Å²) in [5.74, 6) is -0.0416. The van der Waals surface area contributed by atoms with Gasteiger partial charge in [-0.25, -0.2) is 4.79 Å². The first-order valence-corrected chi connectivity index (χ1v) is 9.48. The first kappa shape index (κ1) is 19.0. The summed E-state index contributed by atoms with van der Waals surface area (Å²) in [6.45, 7) is 9.17. The molecule has 0 aromatic rings. The number of carbonyl (C=O) groups excluding carboxylic acids is 2. The van der Waals surface area contributed by atoms with Gasteiger partial charge in [0.05, 0.1) is 6.10 Å². The van der Waals surface area contributed by atoms with E-state index in [9.17, 15) is 9.59 Å². The van der Waals surface area contributed by atoms with Crippen molar-refractivity contribution < 1.29 is 14.3 Å². The molecule has 138 valence electrons. The number of ether oxygens (including phenoxy) is 1. The van der Waals surface area contributed by atoms with E-state index < -0.39 is 0 Å². The molecule has 0 bridgehead atoms. The smallest absolute Gasteiger partial charge is 0.410 e. The lowest BCUT2D eigenvalue weighted by Crippen LogP contribution is -2.53. The van der Waals surface area contributed by atoms with Crippen LogP contribution in [-0.4, -0.2) is 66.2 Å².